The Labute approximate surface area is 860 Å². The summed E-state index contributed by atoms with van der Waals surface area (Å²) in [4.78, 5) is 51.7. The summed E-state index contributed by atoms with van der Waals surface area (Å²) in [5.74, 6) is 6.06. The first kappa shape index (κ1) is 87.2. The molecule has 150 heavy (non-hydrogen) atoms. The molecule has 16 heteroatoms. The predicted molar refractivity (Wildman–Crippen MR) is 612 cm³/mol. The van der Waals surface area contributed by atoms with Gasteiger partial charge in [-0.25, -0.2) is 19.9 Å². The zero-order valence-corrected chi connectivity index (χ0v) is 80.8. The van der Waals surface area contributed by atoms with Crippen LogP contribution in [0.5, 0.6) is 0 Å². The van der Waals surface area contributed by atoms with E-state index in [1.165, 1.54) is 32.3 Å². The standard InChI is InChI=1S/C46H30N4.C45H29N5.C43H27N7/c1-3-16-31(17-4-1)33-24-15-25-34(32-18-5-2-6-19-32)45(33)46-47-43(49-39-26-11-7-20-35(39)36-21-8-12-27-40(36)49)30-44(48-46)50-41-28-13-9-22-37(41)38-23-10-14-29-42(38)50;1-3-14-30(15-4-1)32-21-13-22-33(31-16-5-2-6-17-31)44(32)45-47-42(49-38-23-10-7-18-34(38)35-19-8-11-24-39(35)49)28-43(48-45)50-40-25-12-9-20-36(40)37-26-27-46-29-41(37)50;1-3-12-28(13-4-1)30-18-11-19-31(29-14-5-2-6-15-29)40(30)41-46-42(49-36-20-9-7-16-32(36)34-22-24-44-26-38(34)49)48-43(47-41)50-37-21-10-8-17-33(37)35-23-25-45-27-39(35)50/h1-30H;1-29H;1-27H. The molecule has 702 valence electrons. The van der Waals surface area contributed by atoms with Crippen LogP contribution in [0.25, 0.3) is 267 Å². The maximum absolute atomic E-state index is 5.53. The largest absolute Gasteiger partial charge is 0.294 e. The van der Waals surface area contributed by atoms with Crippen LogP contribution >= 0.6 is 0 Å². The Morgan fingerprint density at radius 2 is 0.307 bits per heavy atom. The minimum Gasteiger partial charge on any atom is -0.294 e. The fourth-order valence-electron chi connectivity index (χ4n) is 22.4. The number of nitrogens with zero attached hydrogens (tertiary/aromatic N) is 16. The third kappa shape index (κ3) is 14.9. The average molecular weight is 1920 g/mol. The fraction of sp³-hybridized carbons (Fsp3) is 0. The van der Waals surface area contributed by atoms with E-state index in [2.05, 4.69) is 491 Å². The van der Waals surface area contributed by atoms with Gasteiger partial charge >= 0.3 is 0 Å². The summed E-state index contributed by atoms with van der Waals surface area (Å²) in [6.45, 7) is 0. The zero-order valence-electron chi connectivity index (χ0n) is 80.8. The molecule has 12 heterocycles. The van der Waals surface area contributed by atoms with Gasteiger partial charge in [0.1, 0.15) is 23.3 Å². The van der Waals surface area contributed by atoms with E-state index in [1.807, 2.05) is 73.6 Å². The molecule has 0 fully saturated rings. The lowest BCUT2D eigenvalue weighted by atomic mass is 9.91. The lowest BCUT2D eigenvalue weighted by molar-refractivity contribution is 0.891. The number of pyridine rings is 3. The second-order valence-corrected chi connectivity index (χ2v) is 37.3. The van der Waals surface area contributed by atoms with Crippen molar-refractivity contribution >= 4 is 131 Å². The molecule has 30 aromatic rings. The molecule has 0 unspecified atom stereocenters. The Balaban J connectivity index is 0.000000108. The number of hydrogen-bond acceptors (Lipinski definition) is 10. The van der Waals surface area contributed by atoms with Crippen molar-refractivity contribution in [2.75, 3.05) is 0 Å². The predicted octanol–water partition coefficient (Wildman–Crippen LogP) is 32.6. The highest BCUT2D eigenvalue weighted by Gasteiger charge is 2.30. The monoisotopic (exact) mass is 1920 g/mol. The molecule has 0 aliphatic carbocycles. The molecule has 0 saturated carbocycles. The third-order valence-corrected chi connectivity index (χ3v) is 28.9. The number of rotatable bonds is 15. The van der Waals surface area contributed by atoms with Crippen molar-refractivity contribution in [2.24, 2.45) is 0 Å². The summed E-state index contributed by atoms with van der Waals surface area (Å²) in [6, 6.07) is 170. The number of aromatic nitrogens is 16. The van der Waals surface area contributed by atoms with Gasteiger partial charge in [0.05, 0.1) is 84.8 Å². The quantitative estimate of drug-likeness (QED) is 0.0967. The molecule has 0 radical (unpaired) electrons. The van der Waals surface area contributed by atoms with E-state index in [0.717, 1.165) is 205 Å². The molecule has 0 saturated heterocycles. The van der Waals surface area contributed by atoms with E-state index in [4.69, 9.17) is 34.9 Å². The van der Waals surface area contributed by atoms with Crippen molar-refractivity contribution in [1.82, 2.24) is 77.2 Å². The van der Waals surface area contributed by atoms with Gasteiger partial charge in [-0.1, -0.05) is 400 Å². The zero-order chi connectivity index (χ0) is 99.1. The van der Waals surface area contributed by atoms with Crippen LogP contribution in [0.1, 0.15) is 0 Å². The summed E-state index contributed by atoms with van der Waals surface area (Å²) in [7, 11) is 0. The average Bonchev–Trinajstić information content (AvgIpc) is 1.56. The molecule has 30 rings (SSSR count). The Morgan fingerprint density at radius 1 is 0.133 bits per heavy atom. The third-order valence-electron chi connectivity index (χ3n) is 28.9. The lowest BCUT2D eigenvalue weighted by Gasteiger charge is -2.18. The van der Waals surface area contributed by atoms with Crippen LogP contribution in [0.3, 0.4) is 0 Å². The van der Waals surface area contributed by atoms with E-state index >= 15 is 0 Å². The minimum absolute atomic E-state index is 0.501. The Hall–Kier alpha value is -20.6. The summed E-state index contributed by atoms with van der Waals surface area (Å²) < 4.78 is 13.3. The van der Waals surface area contributed by atoms with Gasteiger partial charge in [-0.05, 0) is 140 Å². The molecule has 0 atom stereocenters. The second kappa shape index (κ2) is 37.0. The van der Waals surface area contributed by atoms with Gasteiger partial charge < -0.3 is 0 Å². The summed E-state index contributed by atoms with van der Waals surface area (Å²) in [6.07, 6.45) is 11.2. The molecular formula is C134H86N16. The van der Waals surface area contributed by atoms with Crippen LogP contribution in [0, 0.1) is 0 Å². The minimum atomic E-state index is 0.501. The van der Waals surface area contributed by atoms with E-state index < -0.39 is 0 Å². The van der Waals surface area contributed by atoms with Gasteiger partial charge in [0.15, 0.2) is 17.5 Å². The van der Waals surface area contributed by atoms with Crippen LogP contribution in [-0.2, 0) is 0 Å². The summed E-state index contributed by atoms with van der Waals surface area (Å²) >= 11 is 0. The first-order chi connectivity index (χ1) is 74.5. The van der Waals surface area contributed by atoms with Gasteiger partial charge in [0, 0.05) is 112 Å². The van der Waals surface area contributed by atoms with Gasteiger partial charge in [-0.15, -0.1) is 0 Å². The molecule has 0 aliphatic heterocycles. The Bertz CT molecular complexity index is 8660. The first-order valence-electron chi connectivity index (χ1n) is 50.2. The Morgan fingerprint density at radius 3 is 0.527 bits per heavy atom. The van der Waals surface area contributed by atoms with Gasteiger partial charge in [0.2, 0.25) is 11.9 Å². The van der Waals surface area contributed by atoms with Crippen LogP contribution in [-0.4, -0.2) is 77.2 Å². The van der Waals surface area contributed by atoms with Crippen LogP contribution in [0.15, 0.2) is 522 Å². The first-order valence-corrected chi connectivity index (χ1v) is 50.2. The smallest absolute Gasteiger partial charge is 0.240 e. The van der Waals surface area contributed by atoms with Crippen molar-refractivity contribution in [2.45, 2.75) is 0 Å². The van der Waals surface area contributed by atoms with Crippen molar-refractivity contribution in [3.8, 4) is 136 Å². The van der Waals surface area contributed by atoms with E-state index in [0.29, 0.717) is 29.4 Å². The van der Waals surface area contributed by atoms with Crippen molar-refractivity contribution < 1.29 is 0 Å². The maximum Gasteiger partial charge on any atom is 0.240 e. The topological polar surface area (TPSA) is 158 Å². The number of fused-ring (bicyclic) bond motifs is 18. The molecule has 0 amide bonds. The lowest BCUT2D eigenvalue weighted by Crippen LogP contribution is -2.11. The highest BCUT2D eigenvalue weighted by Crippen LogP contribution is 2.48. The van der Waals surface area contributed by atoms with E-state index in [-0.39, 0.29) is 0 Å². The Kier molecular flexibility index (Phi) is 21.5. The highest BCUT2D eigenvalue weighted by atomic mass is 15.3. The molecule has 0 N–H and O–H groups in total. The van der Waals surface area contributed by atoms with Gasteiger partial charge in [0.25, 0.3) is 0 Å². The molecule has 0 aliphatic rings. The maximum atomic E-state index is 5.53. The summed E-state index contributed by atoms with van der Waals surface area (Å²) in [5, 5.41) is 13.8. The second-order valence-electron chi connectivity index (χ2n) is 37.3. The van der Waals surface area contributed by atoms with Crippen LogP contribution in [0.2, 0.25) is 0 Å². The molecular weight excluding hydrogens is 1830 g/mol. The van der Waals surface area contributed by atoms with Crippen LogP contribution < -0.4 is 0 Å². The SMILES string of the molecule is c1ccc(-c2cccc(-c3ccccc3)c2-c2nc(-n3c4ccccc4c4ccccc43)cc(-n3c4ccccc4c4ccccc43)n2)cc1.c1ccc(-c2cccc(-c3ccccc3)c2-c2nc(-n3c4ccccc4c4ccccc43)cc(-n3c4ccccc4c4ccncc43)n2)cc1.c1ccc(-c2cccc(-c3ccccc3)c2-c2nc(-n3c4ccccc4c4ccncc43)nc(-n3c4ccccc4c4ccncc43)n2)cc1. The summed E-state index contributed by atoms with van der Waals surface area (Å²) in [5.41, 5.74) is 28.3. The molecule has 16 nitrogen and oxygen atoms in total. The molecule has 18 aromatic carbocycles. The van der Waals surface area contributed by atoms with E-state index in [1.54, 1.807) is 0 Å². The molecule has 0 spiro atoms. The molecule has 0 bridgehead atoms. The number of para-hydroxylation sites is 9. The van der Waals surface area contributed by atoms with Gasteiger partial charge in [-0.2, -0.15) is 15.0 Å². The number of benzene rings is 18. The molecule has 12 aromatic heterocycles. The van der Waals surface area contributed by atoms with Crippen LogP contribution in [0.4, 0.5) is 0 Å². The fourth-order valence-corrected chi connectivity index (χ4v) is 22.4. The van der Waals surface area contributed by atoms with E-state index in [9.17, 15) is 0 Å². The normalized spacial score (nSPS) is 11.6. The van der Waals surface area contributed by atoms with Crippen molar-refractivity contribution in [1.29, 1.82) is 0 Å². The van der Waals surface area contributed by atoms with Gasteiger partial charge in [-0.3, -0.25) is 42.4 Å². The highest BCUT2D eigenvalue weighted by molar-refractivity contribution is 6.15. The van der Waals surface area contributed by atoms with Crippen molar-refractivity contribution in [3.63, 3.8) is 0 Å². The number of hydrogen-bond donors (Lipinski definition) is 0. The van der Waals surface area contributed by atoms with Crippen molar-refractivity contribution in [3.05, 3.63) is 522 Å².